The Bertz CT molecular complexity index is 1520. The molecule has 3 amide bonds. The van der Waals surface area contributed by atoms with Crippen molar-refractivity contribution in [2.24, 2.45) is 0 Å². The van der Waals surface area contributed by atoms with Gasteiger partial charge in [0.1, 0.15) is 11.6 Å². The number of aromatic nitrogens is 2. The number of urea groups is 1. The van der Waals surface area contributed by atoms with Gasteiger partial charge in [0.05, 0.1) is 36.6 Å². The van der Waals surface area contributed by atoms with Crippen LogP contribution in [0.25, 0.3) is 16.9 Å². The van der Waals surface area contributed by atoms with Crippen molar-refractivity contribution in [3.8, 4) is 16.9 Å². The maximum atomic E-state index is 14.6. The largest absolute Gasteiger partial charge is 0.394 e. The highest BCUT2D eigenvalue weighted by Gasteiger charge is 2.24. The third-order valence-electron chi connectivity index (χ3n) is 6.80. The standard InChI is InChI=1S/C30H30FN5O4/c31-25-11-4-3-10-24(25)27-16-28(34-30(40)33-26-13-12-20-7-1-2-9-23(20)26)36(35-27)21-8-5-6-19(14-21)15-29(39)32-17-22(38)18-37/h1-11,14,16,22,26,37-38H,12-13,15,17-18H2,(H,32,39)(H2,33,34,40). The van der Waals surface area contributed by atoms with E-state index in [0.29, 0.717) is 22.8 Å². The molecular formula is C30H30FN5O4. The number of amides is 3. The van der Waals surface area contributed by atoms with E-state index in [4.69, 9.17) is 5.11 Å². The van der Waals surface area contributed by atoms with Crippen molar-refractivity contribution in [2.75, 3.05) is 18.5 Å². The Morgan fingerprint density at radius 1 is 1.05 bits per heavy atom. The molecule has 0 saturated heterocycles. The second-order valence-electron chi connectivity index (χ2n) is 9.68. The average molecular weight is 544 g/mol. The third kappa shape index (κ3) is 6.19. The lowest BCUT2D eigenvalue weighted by Gasteiger charge is -2.16. The minimum atomic E-state index is -1.03. The van der Waals surface area contributed by atoms with E-state index in [1.807, 2.05) is 18.2 Å². The predicted octanol–water partition coefficient (Wildman–Crippen LogP) is 3.50. The quantitative estimate of drug-likeness (QED) is 0.221. The van der Waals surface area contributed by atoms with E-state index >= 15 is 0 Å². The number of halogens is 1. The number of benzene rings is 3. The zero-order valence-electron chi connectivity index (χ0n) is 21.7. The second-order valence-corrected chi connectivity index (χ2v) is 9.68. The van der Waals surface area contributed by atoms with Gasteiger partial charge in [0.2, 0.25) is 5.91 Å². The summed E-state index contributed by atoms with van der Waals surface area (Å²) in [7, 11) is 0. The lowest BCUT2D eigenvalue weighted by molar-refractivity contribution is -0.121. The molecule has 1 aromatic heterocycles. The number of nitrogens with one attached hydrogen (secondary N) is 3. The van der Waals surface area contributed by atoms with Gasteiger partial charge in [-0.05, 0) is 53.8 Å². The number of hydrogen-bond acceptors (Lipinski definition) is 5. The SMILES string of the molecule is O=C(Cc1cccc(-n2nc(-c3ccccc3F)cc2NC(=O)NC2CCc3ccccc32)c1)NCC(O)CO. The van der Waals surface area contributed by atoms with Crippen LogP contribution < -0.4 is 16.0 Å². The summed E-state index contributed by atoms with van der Waals surface area (Å²) in [6.45, 7) is -0.509. The lowest BCUT2D eigenvalue weighted by Crippen LogP contribution is -2.34. The number of aliphatic hydroxyl groups excluding tert-OH is 2. The van der Waals surface area contributed by atoms with Crippen LogP contribution in [-0.4, -0.2) is 51.2 Å². The monoisotopic (exact) mass is 543 g/mol. The maximum Gasteiger partial charge on any atom is 0.320 e. The molecule has 4 aromatic rings. The van der Waals surface area contributed by atoms with Crippen molar-refractivity contribution >= 4 is 17.8 Å². The van der Waals surface area contributed by atoms with Crippen LogP contribution in [0.15, 0.2) is 78.9 Å². The molecule has 0 fully saturated rings. The van der Waals surface area contributed by atoms with Crippen LogP contribution >= 0.6 is 0 Å². The molecule has 0 aliphatic heterocycles. The van der Waals surface area contributed by atoms with Gasteiger partial charge in [0.15, 0.2) is 0 Å². The van der Waals surface area contributed by atoms with Gasteiger partial charge in [0.25, 0.3) is 0 Å². The fourth-order valence-electron chi connectivity index (χ4n) is 4.83. The number of carbonyl (C=O) groups is 2. The molecule has 5 rings (SSSR count). The first-order valence-electron chi connectivity index (χ1n) is 13.1. The molecule has 0 radical (unpaired) electrons. The van der Waals surface area contributed by atoms with E-state index < -0.39 is 24.6 Å². The highest BCUT2D eigenvalue weighted by molar-refractivity contribution is 5.90. The zero-order valence-corrected chi connectivity index (χ0v) is 21.7. The van der Waals surface area contributed by atoms with E-state index in [1.165, 1.54) is 16.3 Å². The molecule has 2 atom stereocenters. The number of fused-ring (bicyclic) bond motifs is 1. The number of nitrogens with zero attached hydrogens (tertiary/aromatic N) is 2. The highest BCUT2D eigenvalue weighted by atomic mass is 19.1. The van der Waals surface area contributed by atoms with Gasteiger partial charge in [-0.15, -0.1) is 0 Å². The molecule has 206 valence electrons. The van der Waals surface area contributed by atoms with Crippen molar-refractivity contribution in [1.82, 2.24) is 20.4 Å². The Kier molecular flexibility index (Phi) is 8.18. The summed E-state index contributed by atoms with van der Waals surface area (Å²) >= 11 is 0. The first-order valence-corrected chi connectivity index (χ1v) is 13.1. The summed E-state index contributed by atoms with van der Waals surface area (Å²) in [5, 5.41) is 31.5. The molecule has 3 aromatic carbocycles. The van der Waals surface area contributed by atoms with Crippen LogP contribution in [0, 0.1) is 5.82 Å². The molecule has 0 spiro atoms. The van der Waals surface area contributed by atoms with Gasteiger partial charge in [-0.2, -0.15) is 5.10 Å². The van der Waals surface area contributed by atoms with Gasteiger partial charge in [-0.1, -0.05) is 48.5 Å². The van der Waals surface area contributed by atoms with Crippen molar-refractivity contribution < 1.29 is 24.2 Å². The Labute approximate surface area is 230 Å². The highest BCUT2D eigenvalue weighted by Crippen LogP contribution is 2.31. The van der Waals surface area contributed by atoms with Crippen molar-refractivity contribution in [2.45, 2.75) is 31.4 Å². The number of aryl methyl sites for hydroxylation is 1. The van der Waals surface area contributed by atoms with Crippen molar-refractivity contribution in [3.05, 3.63) is 101 Å². The van der Waals surface area contributed by atoms with Gasteiger partial charge in [-0.25, -0.2) is 13.9 Å². The molecule has 0 bridgehead atoms. The van der Waals surface area contributed by atoms with Crippen molar-refractivity contribution in [1.29, 1.82) is 0 Å². The molecule has 5 N–H and O–H groups in total. The zero-order chi connectivity index (χ0) is 28.1. The molecule has 2 unspecified atom stereocenters. The summed E-state index contributed by atoms with van der Waals surface area (Å²) in [4.78, 5) is 25.4. The van der Waals surface area contributed by atoms with E-state index in [-0.39, 0.29) is 30.5 Å². The van der Waals surface area contributed by atoms with E-state index in [9.17, 15) is 19.1 Å². The molecular weight excluding hydrogens is 513 g/mol. The Morgan fingerprint density at radius 3 is 2.67 bits per heavy atom. The third-order valence-corrected chi connectivity index (χ3v) is 6.80. The van der Waals surface area contributed by atoms with Gasteiger partial charge >= 0.3 is 6.03 Å². The summed E-state index contributed by atoms with van der Waals surface area (Å²) in [5.41, 5.74) is 4.15. The van der Waals surface area contributed by atoms with E-state index in [1.54, 1.807) is 48.5 Å². The Morgan fingerprint density at radius 2 is 1.85 bits per heavy atom. The van der Waals surface area contributed by atoms with Gasteiger partial charge < -0.3 is 20.8 Å². The first kappa shape index (κ1) is 27.0. The first-order chi connectivity index (χ1) is 19.4. The number of rotatable bonds is 9. The van der Waals surface area contributed by atoms with Crippen LogP contribution in [-0.2, 0) is 17.6 Å². The van der Waals surface area contributed by atoms with Crippen LogP contribution in [0.4, 0.5) is 15.0 Å². The van der Waals surface area contributed by atoms with Gasteiger partial charge in [0, 0.05) is 18.2 Å². The average Bonchev–Trinajstić information content (AvgIpc) is 3.56. The fourth-order valence-corrected chi connectivity index (χ4v) is 4.83. The maximum absolute atomic E-state index is 14.6. The summed E-state index contributed by atoms with van der Waals surface area (Å²) in [5.74, 6) is -0.442. The number of anilines is 1. The molecule has 1 aliphatic rings. The molecule has 9 nitrogen and oxygen atoms in total. The second kappa shape index (κ2) is 12.1. The molecule has 0 saturated carbocycles. The Hall–Kier alpha value is -4.54. The van der Waals surface area contributed by atoms with E-state index in [0.717, 1.165) is 18.4 Å². The number of hydrogen-bond donors (Lipinski definition) is 5. The minimum absolute atomic E-state index is 0.0256. The minimum Gasteiger partial charge on any atom is -0.394 e. The Balaban J connectivity index is 1.40. The summed E-state index contributed by atoms with van der Waals surface area (Å²) in [6, 6.07) is 22.4. The van der Waals surface area contributed by atoms with Gasteiger partial charge in [-0.3, -0.25) is 10.1 Å². The lowest BCUT2D eigenvalue weighted by atomic mass is 10.1. The predicted molar refractivity (Wildman–Crippen MR) is 148 cm³/mol. The van der Waals surface area contributed by atoms with Crippen LogP contribution in [0.2, 0.25) is 0 Å². The van der Waals surface area contributed by atoms with Crippen LogP contribution in [0.5, 0.6) is 0 Å². The normalized spacial score (nSPS) is 14.8. The van der Waals surface area contributed by atoms with E-state index in [2.05, 4.69) is 27.1 Å². The number of carbonyl (C=O) groups excluding carboxylic acids is 2. The fraction of sp³-hybridized carbons (Fsp3) is 0.233. The summed E-state index contributed by atoms with van der Waals surface area (Å²) < 4.78 is 16.1. The molecule has 40 heavy (non-hydrogen) atoms. The summed E-state index contributed by atoms with van der Waals surface area (Å²) in [6.07, 6.45) is 0.674. The smallest absolute Gasteiger partial charge is 0.320 e. The van der Waals surface area contributed by atoms with Crippen LogP contribution in [0.3, 0.4) is 0 Å². The van der Waals surface area contributed by atoms with Crippen LogP contribution in [0.1, 0.15) is 29.2 Å². The topological polar surface area (TPSA) is 129 Å². The van der Waals surface area contributed by atoms with Crippen molar-refractivity contribution in [3.63, 3.8) is 0 Å². The molecule has 1 aliphatic carbocycles. The number of aliphatic hydroxyl groups is 2. The molecule has 1 heterocycles. The molecule has 10 heteroatoms.